The van der Waals surface area contributed by atoms with Crippen LogP contribution in [-0.2, 0) is 22.6 Å². The van der Waals surface area contributed by atoms with E-state index >= 15 is 0 Å². The van der Waals surface area contributed by atoms with Gasteiger partial charge in [0.25, 0.3) is 5.91 Å². The van der Waals surface area contributed by atoms with Crippen LogP contribution in [0.1, 0.15) is 51.5 Å². The van der Waals surface area contributed by atoms with Crippen LogP contribution in [0.3, 0.4) is 0 Å². The summed E-state index contributed by atoms with van der Waals surface area (Å²) in [6.45, 7) is 8.24. The number of rotatable bonds is 7. The molecule has 0 unspecified atom stereocenters. The quantitative estimate of drug-likeness (QED) is 0.266. The molecule has 5 heterocycles. The molecule has 5 aromatic rings. The van der Waals surface area contributed by atoms with Gasteiger partial charge in [-0.25, -0.2) is 19.6 Å². The summed E-state index contributed by atoms with van der Waals surface area (Å²) in [4.78, 5) is 57.7. The number of aromatic nitrogens is 5. The van der Waals surface area contributed by atoms with E-state index in [1.54, 1.807) is 15.9 Å². The number of benzene rings is 3. The number of nitrogens with one attached hydrogen (secondary N) is 1. The summed E-state index contributed by atoms with van der Waals surface area (Å²) < 4.78 is 1.69. The van der Waals surface area contributed by atoms with Crippen molar-refractivity contribution in [2.24, 2.45) is 0 Å². The first-order chi connectivity index (χ1) is 23.3. The van der Waals surface area contributed by atoms with Crippen LogP contribution in [0.5, 0.6) is 0 Å². The number of carbonyl (C=O) groups excluding carboxylic acids is 3. The highest BCUT2D eigenvalue weighted by Gasteiger charge is 2.40. The third-order valence-electron chi connectivity index (χ3n) is 9.51. The molecule has 8 rings (SSSR count). The van der Waals surface area contributed by atoms with Crippen molar-refractivity contribution < 1.29 is 14.4 Å². The lowest BCUT2D eigenvalue weighted by atomic mass is 9.95. The highest BCUT2D eigenvalue weighted by atomic mass is 16.2. The van der Waals surface area contributed by atoms with E-state index in [4.69, 9.17) is 4.98 Å². The smallest absolute Gasteiger partial charge is 0.259 e. The van der Waals surface area contributed by atoms with Crippen LogP contribution >= 0.6 is 0 Å². The molecule has 12 nitrogen and oxygen atoms in total. The average molecular weight is 642 g/mol. The van der Waals surface area contributed by atoms with Crippen molar-refractivity contribution in [3.8, 4) is 5.82 Å². The van der Waals surface area contributed by atoms with E-state index in [0.717, 1.165) is 72.8 Å². The van der Waals surface area contributed by atoms with E-state index in [2.05, 4.69) is 60.5 Å². The molecule has 2 saturated heterocycles. The summed E-state index contributed by atoms with van der Waals surface area (Å²) in [6.07, 6.45) is 2.94. The maximum Gasteiger partial charge on any atom is 0.259 e. The van der Waals surface area contributed by atoms with Gasteiger partial charge in [-0.2, -0.15) is 5.10 Å². The number of hydrogen-bond acceptors (Lipinski definition) is 9. The molecule has 3 amide bonds. The Labute approximate surface area is 277 Å². The fourth-order valence-electron chi connectivity index (χ4n) is 7.11. The molecule has 2 aromatic heterocycles. The standard InChI is InChI=1S/C36H35N9O3/c1-22-37-21-44(41-22)32-19-31(38-23(2)39-32)43-16-14-42(15-17-43)20-25-8-6-24(7-9-25)18-26-10-11-29-34-27(26)4-3-5-28(34)36(48)45(29)30-12-13-33(46)40-35(30)47/h3-11,19,21,30H,12-18,20H2,1-2H3,(H,40,46,47)/t30-/m0/s1. The molecule has 3 aromatic carbocycles. The summed E-state index contributed by atoms with van der Waals surface area (Å²) >= 11 is 0. The molecule has 12 heteroatoms. The Kier molecular flexibility index (Phi) is 7.44. The zero-order valence-corrected chi connectivity index (χ0v) is 26.9. The monoisotopic (exact) mass is 641 g/mol. The van der Waals surface area contributed by atoms with Gasteiger partial charge in [-0.3, -0.25) is 29.5 Å². The van der Waals surface area contributed by atoms with Crippen molar-refractivity contribution in [3.63, 3.8) is 0 Å². The Morgan fingerprint density at radius 2 is 1.62 bits per heavy atom. The van der Waals surface area contributed by atoms with E-state index < -0.39 is 11.9 Å². The average Bonchev–Trinajstić information content (AvgIpc) is 3.65. The fraction of sp³-hybridized carbons (Fsp3) is 0.306. The summed E-state index contributed by atoms with van der Waals surface area (Å²) in [5.74, 6) is 2.14. The van der Waals surface area contributed by atoms with Gasteiger partial charge in [0.2, 0.25) is 11.8 Å². The molecule has 242 valence electrons. The number of hydrogen-bond donors (Lipinski definition) is 1. The van der Waals surface area contributed by atoms with Crippen LogP contribution in [0.2, 0.25) is 0 Å². The minimum atomic E-state index is -0.689. The van der Waals surface area contributed by atoms with Gasteiger partial charge < -0.3 is 4.90 Å². The van der Waals surface area contributed by atoms with Crippen molar-refractivity contribution in [3.05, 3.63) is 101 Å². The number of imide groups is 1. The van der Waals surface area contributed by atoms with Gasteiger partial charge in [-0.1, -0.05) is 42.5 Å². The topological polar surface area (TPSA) is 129 Å². The molecule has 1 atom stereocenters. The van der Waals surface area contributed by atoms with Crippen LogP contribution < -0.4 is 15.1 Å². The van der Waals surface area contributed by atoms with Crippen LogP contribution in [0, 0.1) is 13.8 Å². The predicted octanol–water partition coefficient (Wildman–Crippen LogP) is 3.51. The van der Waals surface area contributed by atoms with E-state index in [-0.39, 0.29) is 18.2 Å². The van der Waals surface area contributed by atoms with E-state index in [1.165, 1.54) is 11.1 Å². The van der Waals surface area contributed by atoms with Crippen molar-refractivity contribution >= 4 is 40.0 Å². The molecular weight excluding hydrogens is 606 g/mol. The lowest BCUT2D eigenvalue weighted by Gasteiger charge is -2.35. The summed E-state index contributed by atoms with van der Waals surface area (Å²) in [5.41, 5.74) is 4.91. The molecule has 48 heavy (non-hydrogen) atoms. The molecule has 0 saturated carbocycles. The molecular formula is C36H35N9O3. The van der Waals surface area contributed by atoms with Gasteiger partial charge in [0.1, 0.15) is 29.8 Å². The van der Waals surface area contributed by atoms with Crippen molar-refractivity contribution in [2.75, 3.05) is 36.0 Å². The van der Waals surface area contributed by atoms with E-state index in [0.29, 0.717) is 23.6 Å². The second kappa shape index (κ2) is 11.9. The highest BCUT2D eigenvalue weighted by Crippen LogP contribution is 2.41. The van der Waals surface area contributed by atoms with Crippen LogP contribution in [0.15, 0.2) is 67.0 Å². The molecule has 0 aliphatic carbocycles. The number of piperidine rings is 1. The van der Waals surface area contributed by atoms with Gasteiger partial charge >= 0.3 is 0 Å². The van der Waals surface area contributed by atoms with Crippen LogP contribution in [0.4, 0.5) is 11.5 Å². The summed E-state index contributed by atoms with van der Waals surface area (Å²) in [5, 5.41) is 8.68. The lowest BCUT2D eigenvalue weighted by molar-refractivity contribution is -0.134. The Morgan fingerprint density at radius 3 is 2.38 bits per heavy atom. The predicted molar refractivity (Wildman–Crippen MR) is 180 cm³/mol. The zero-order valence-electron chi connectivity index (χ0n) is 26.9. The summed E-state index contributed by atoms with van der Waals surface area (Å²) in [7, 11) is 0. The largest absolute Gasteiger partial charge is 0.354 e. The highest BCUT2D eigenvalue weighted by molar-refractivity contribution is 6.27. The Hall–Kier alpha value is -5.49. The van der Waals surface area contributed by atoms with E-state index in [1.807, 2.05) is 44.2 Å². The van der Waals surface area contributed by atoms with Crippen molar-refractivity contribution in [1.82, 2.24) is 34.9 Å². The Morgan fingerprint density at radius 1 is 0.854 bits per heavy atom. The number of carbonyl (C=O) groups is 3. The number of amides is 3. The molecule has 1 N–H and O–H groups in total. The van der Waals surface area contributed by atoms with Gasteiger partial charge in [0.15, 0.2) is 5.82 Å². The maximum atomic E-state index is 13.5. The first-order valence-electron chi connectivity index (χ1n) is 16.3. The Balaban J connectivity index is 0.928. The first-order valence-corrected chi connectivity index (χ1v) is 16.3. The van der Waals surface area contributed by atoms with Crippen LogP contribution in [-0.4, -0.2) is 79.6 Å². The number of piperazine rings is 1. The maximum absolute atomic E-state index is 13.5. The molecule has 0 spiro atoms. The van der Waals surface area contributed by atoms with E-state index in [9.17, 15) is 14.4 Å². The third kappa shape index (κ3) is 5.47. The summed E-state index contributed by atoms with van der Waals surface area (Å²) in [6, 6.07) is 19.9. The van der Waals surface area contributed by atoms with Crippen molar-refractivity contribution in [1.29, 1.82) is 0 Å². The first kappa shape index (κ1) is 29.9. The number of anilines is 2. The zero-order chi connectivity index (χ0) is 32.9. The third-order valence-corrected chi connectivity index (χ3v) is 9.51. The molecule has 0 radical (unpaired) electrons. The lowest BCUT2D eigenvalue weighted by Crippen LogP contribution is -2.53. The van der Waals surface area contributed by atoms with Gasteiger partial charge in [0, 0.05) is 56.2 Å². The normalized spacial score (nSPS) is 18.2. The molecule has 3 aliphatic heterocycles. The molecule has 2 fully saturated rings. The number of nitrogens with zero attached hydrogens (tertiary/aromatic N) is 8. The minimum Gasteiger partial charge on any atom is -0.354 e. The number of aryl methyl sites for hydroxylation is 2. The SMILES string of the molecule is Cc1nc(N2CCN(Cc3ccc(Cc4ccc5c6c(cccc46)C(=O)N5[C@H]4CCC(=O)NC4=O)cc3)CC2)cc(-n2cnc(C)n2)n1. The second-order valence-electron chi connectivity index (χ2n) is 12.7. The van der Waals surface area contributed by atoms with Crippen molar-refractivity contribution in [2.45, 2.75) is 45.7 Å². The molecule has 3 aliphatic rings. The second-order valence-corrected chi connectivity index (χ2v) is 12.7. The Bertz CT molecular complexity index is 2080. The van der Waals surface area contributed by atoms with Gasteiger partial charge in [-0.05, 0) is 60.9 Å². The fourth-order valence-corrected chi connectivity index (χ4v) is 7.11. The van der Waals surface area contributed by atoms with Gasteiger partial charge in [-0.15, -0.1) is 0 Å². The van der Waals surface area contributed by atoms with Gasteiger partial charge in [0.05, 0.1) is 5.69 Å². The van der Waals surface area contributed by atoms with Crippen LogP contribution in [0.25, 0.3) is 16.6 Å². The molecule has 0 bridgehead atoms. The minimum absolute atomic E-state index is 0.189.